The lowest BCUT2D eigenvalue weighted by Gasteiger charge is -2.17. The van der Waals surface area contributed by atoms with E-state index in [1.54, 1.807) is 6.92 Å². The van der Waals surface area contributed by atoms with Crippen molar-refractivity contribution < 1.29 is 45.0 Å². The van der Waals surface area contributed by atoms with Crippen molar-refractivity contribution in [2.75, 3.05) is 59.3 Å². The number of nitrogens with zero attached hydrogens (tertiary/aromatic N) is 1. The number of carbonyl (C=O) groups is 2. The van der Waals surface area contributed by atoms with Crippen LogP contribution in [0.25, 0.3) is 0 Å². The molecule has 0 aliphatic heterocycles. The summed E-state index contributed by atoms with van der Waals surface area (Å²) in [5.74, 6) is -1.64. The quantitative estimate of drug-likeness (QED) is 0.136. The molecular formula is C21H45NO9. The van der Waals surface area contributed by atoms with E-state index in [0.29, 0.717) is 5.57 Å². The Labute approximate surface area is 186 Å². The van der Waals surface area contributed by atoms with Gasteiger partial charge in [0.2, 0.25) is 0 Å². The van der Waals surface area contributed by atoms with Crippen LogP contribution < -0.4 is 0 Å². The van der Waals surface area contributed by atoms with E-state index in [4.69, 9.17) is 30.6 Å². The van der Waals surface area contributed by atoms with Crippen LogP contribution >= 0.6 is 0 Å². The van der Waals surface area contributed by atoms with Crippen molar-refractivity contribution in [1.29, 1.82) is 0 Å². The van der Waals surface area contributed by atoms with E-state index >= 15 is 0 Å². The van der Waals surface area contributed by atoms with Gasteiger partial charge in [-0.3, -0.25) is 4.79 Å². The number of aliphatic hydroxyl groups excluding tert-OH is 5. The van der Waals surface area contributed by atoms with Gasteiger partial charge in [-0.15, -0.1) is 0 Å². The second kappa shape index (κ2) is 26.5. The summed E-state index contributed by atoms with van der Waals surface area (Å²) in [4.78, 5) is 23.0. The molecule has 0 atom stereocenters. The molecule has 0 saturated heterocycles. The van der Waals surface area contributed by atoms with Crippen LogP contribution in [0.5, 0.6) is 0 Å². The number of carbonyl (C=O) groups excluding carboxylic acids is 1. The molecule has 0 bridgehead atoms. The van der Waals surface area contributed by atoms with Gasteiger partial charge in [-0.2, -0.15) is 0 Å². The van der Waals surface area contributed by atoms with Crippen molar-refractivity contribution in [3.8, 4) is 0 Å². The molecule has 10 nitrogen and oxygen atoms in total. The van der Waals surface area contributed by atoms with Gasteiger partial charge in [0.15, 0.2) is 0 Å². The fourth-order valence-corrected chi connectivity index (χ4v) is 1.34. The number of carboxylic acid groups (broad SMARTS) is 1. The van der Waals surface area contributed by atoms with Crippen LogP contribution in [0, 0.1) is 5.41 Å². The lowest BCUT2D eigenvalue weighted by molar-refractivity contribution is -0.153. The van der Waals surface area contributed by atoms with Crippen LogP contribution in [-0.2, 0) is 14.3 Å². The van der Waals surface area contributed by atoms with E-state index in [1.807, 2.05) is 0 Å². The molecule has 0 aliphatic carbocycles. The third-order valence-electron chi connectivity index (χ3n) is 3.80. The number of ether oxygens (including phenoxy) is 1. The first-order valence-electron chi connectivity index (χ1n) is 10.3. The number of unbranched alkanes of at least 4 members (excludes halogenated alkanes) is 1. The van der Waals surface area contributed by atoms with Crippen molar-refractivity contribution in [3.63, 3.8) is 0 Å². The maximum Gasteiger partial charge on any atom is 0.333 e. The number of esters is 1. The summed E-state index contributed by atoms with van der Waals surface area (Å²) < 4.78 is 4.46. The Morgan fingerprint density at radius 3 is 1.39 bits per heavy atom. The molecule has 0 fully saturated rings. The van der Waals surface area contributed by atoms with Crippen LogP contribution in [0.2, 0.25) is 0 Å². The number of aliphatic hydroxyl groups is 5. The molecule has 0 aliphatic rings. The highest BCUT2D eigenvalue weighted by atomic mass is 16.5. The smallest absolute Gasteiger partial charge is 0.333 e. The second-order valence-electron chi connectivity index (χ2n) is 6.60. The summed E-state index contributed by atoms with van der Waals surface area (Å²) in [5.41, 5.74) is -1.04. The molecule has 0 aromatic heterocycles. The zero-order valence-electron chi connectivity index (χ0n) is 19.8. The first-order chi connectivity index (χ1) is 14.5. The highest BCUT2D eigenvalue weighted by Gasteiger charge is 2.31. The van der Waals surface area contributed by atoms with Crippen LogP contribution in [0.15, 0.2) is 12.2 Å². The summed E-state index contributed by atoms with van der Waals surface area (Å²) in [6, 6.07) is 0. The number of hydrogen-bond acceptors (Lipinski definition) is 9. The van der Waals surface area contributed by atoms with Crippen LogP contribution in [-0.4, -0.2) is 107 Å². The number of carboxylic acids is 1. The first kappa shape index (κ1) is 36.8. The molecule has 0 aromatic rings. The van der Waals surface area contributed by atoms with Gasteiger partial charge in [0.1, 0.15) is 12.0 Å². The van der Waals surface area contributed by atoms with Gasteiger partial charge >= 0.3 is 11.9 Å². The largest absolute Gasteiger partial charge is 0.481 e. The summed E-state index contributed by atoms with van der Waals surface area (Å²) in [6.45, 7) is 15.5. The van der Waals surface area contributed by atoms with Crippen LogP contribution in [0.4, 0.5) is 0 Å². The van der Waals surface area contributed by atoms with E-state index in [1.165, 1.54) is 26.6 Å². The molecule has 0 radical (unpaired) electrons. The molecule has 6 N–H and O–H groups in total. The number of hydrogen-bond donors (Lipinski definition) is 6. The Hall–Kier alpha value is -1.56. The highest BCUT2D eigenvalue weighted by Crippen LogP contribution is 2.12. The van der Waals surface area contributed by atoms with Crippen molar-refractivity contribution in [3.05, 3.63) is 12.2 Å². The third-order valence-corrected chi connectivity index (χ3v) is 3.80. The van der Waals surface area contributed by atoms with Gasteiger partial charge in [0.25, 0.3) is 0 Å². The Morgan fingerprint density at radius 2 is 1.26 bits per heavy atom. The monoisotopic (exact) mass is 455 g/mol. The zero-order chi connectivity index (χ0) is 25.3. The second-order valence-corrected chi connectivity index (χ2v) is 6.60. The van der Waals surface area contributed by atoms with E-state index in [0.717, 1.165) is 12.8 Å². The fourth-order valence-electron chi connectivity index (χ4n) is 1.34. The SMILES string of the molecule is C=C(C)C(=O)OCCO.CC(CO)(CO)C(=O)O.CCN(CC)CC.OCCCCO. The Morgan fingerprint density at radius 1 is 0.871 bits per heavy atom. The van der Waals surface area contributed by atoms with Crippen molar-refractivity contribution >= 4 is 11.9 Å². The van der Waals surface area contributed by atoms with Gasteiger partial charge < -0.3 is 40.3 Å². The predicted molar refractivity (Wildman–Crippen MR) is 120 cm³/mol. The highest BCUT2D eigenvalue weighted by molar-refractivity contribution is 5.86. The van der Waals surface area contributed by atoms with Crippen molar-refractivity contribution in [2.24, 2.45) is 5.41 Å². The molecule has 188 valence electrons. The van der Waals surface area contributed by atoms with Crippen molar-refractivity contribution in [2.45, 2.75) is 47.5 Å². The molecule has 0 heterocycles. The molecule has 31 heavy (non-hydrogen) atoms. The van der Waals surface area contributed by atoms with Gasteiger partial charge in [-0.1, -0.05) is 27.4 Å². The molecule has 0 unspecified atom stereocenters. The third kappa shape index (κ3) is 26.4. The maximum absolute atomic E-state index is 10.5. The normalized spacial score (nSPS) is 9.90. The molecule has 0 aromatic carbocycles. The number of rotatable bonds is 12. The predicted octanol–water partition coefficient (Wildman–Crippen LogP) is 0.259. The fraction of sp³-hybridized carbons (Fsp3) is 0.810. The molecule has 0 rings (SSSR count). The summed E-state index contributed by atoms with van der Waals surface area (Å²) in [5, 5.41) is 49.5. The zero-order valence-corrected chi connectivity index (χ0v) is 19.8. The average molecular weight is 456 g/mol. The molecular weight excluding hydrogens is 410 g/mol. The first-order valence-corrected chi connectivity index (χ1v) is 10.3. The molecule has 0 spiro atoms. The summed E-state index contributed by atoms with van der Waals surface area (Å²) in [6.07, 6.45) is 1.44. The summed E-state index contributed by atoms with van der Waals surface area (Å²) >= 11 is 0. The lowest BCUT2D eigenvalue weighted by Crippen LogP contribution is -2.35. The number of aliphatic carboxylic acids is 1. The van der Waals surface area contributed by atoms with E-state index in [-0.39, 0.29) is 26.4 Å². The molecule has 0 amide bonds. The minimum absolute atomic E-state index is 0.0473. The van der Waals surface area contributed by atoms with Crippen LogP contribution in [0.3, 0.4) is 0 Å². The maximum atomic E-state index is 10.5. The van der Waals surface area contributed by atoms with Crippen LogP contribution in [0.1, 0.15) is 47.5 Å². The van der Waals surface area contributed by atoms with Gasteiger partial charge in [-0.25, -0.2) is 4.79 Å². The van der Waals surface area contributed by atoms with E-state index < -0.39 is 30.6 Å². The van der Waals surface area contributed by atoms with E-state index in [2.05, 4.69) is 37.0 Å². The molecule has 0 saturated carbocycles. The van der Waals surface area contributed by atoms with Gasteiger partial charge in [-0.05, 0) is 46.3 Å². The Bertz CT molecular complexity index is 414. The van der Waals surface area contributed by atoms with Crippen molar-refractivity contribution in [1.82, 2.24) is 4.90 Å². The summed E-state index contributed by atoms with van der Waals surface area (Å²) in [7, 11) is 0. The minimum Gasteiger partial charge on any atom is -0.481 e. The lowest BCUT2D eigenvalue weighted by atomic mass is 9.94. The topological polar surface area (TPSA) is 168 Å². The van der Waals surface area contributed by atoms with Gasteiger partial charge in [0, 0.05) is 18.8 Å². The minimum atomic E-state index is -1.39. The Kier molecular flexibility index (Phi) is 31.4. The Balaban J connectivity index is -0.000000159. The van der Waals surface area contributed by atoms with Gasteiger partial charge in [0.05, 0.1) is 19.8 Å². The average Bonchev–Trinajstić information content (AvgIpc) is 2.77. The standard InChI is InChI=1S/C6H15N.C6H10O3.C5H10O4.C4H10O2/c1-4-7(5-2)6-3;1-5(2)6(8)9-4-3-7;1-5(2-6,3-7)4(8)9;5-3-1-2-4-6/h4-6H2,1-3H3;7H,1,3-4H2,2H3;6-7H,2-3H2,1H3,(H,8,9);5-6H,1-4H2. The van der Waals surface area contributed by atoms with E-state index in [9.17, 15) is 9.59 Å². The molecule has 10 heteroatoms.